The Morgan fingerprint density at radius 2 is 1.81 bits per heavy atom. The zero-order valence-electron chi connectivity index (χ0n) is 11.3. The largest absolute Gasteiger partial charge is 0.416 e. The highest BCUT2D eigenvalue weighted by Crippen LogP contribution is 2.34. The maximum Gasteiger partial charge on any atom is 0.416 e. The second kappa shape index (κ2) is 5.81. The van der Waals surface area contributed by atoms with Gasteiger partial charge in [0.25, 0.3) is 0 Å². The molecule has 1 aromatic carbocycles. The number of aryl methyl sites for hydroxylation is 1. The SMILES string of the molecule is CNc1cc(C(F)(F)F)cc(Nc2c(C)cccc2Cl)n1. The molecule has 0 saturated heterocycles. The highest BCUT2D eigenvalue weighted by Gasteiger charge is 2.31. The Morgan fingerprint density at radius 1 is 1.14 bits per heavy atom. The van der Waals surface area contributed by atoms with Crippen LogP contribution in [-0.4, -0.2) is 12.0 Å². The van der Waals surface area contributed by atoms with Crippen molar-refractivity contribution in [2.75, 3.05) is 17.7 Å². The zero-order chi connectivity index (χ0) is 15.6. The fraction of sp³-hybridized carbons (Fsp3) is 0.214. The second-order valence-electron chi connectivity index (χ2n) is 4.43. The number of pyridine rings is 1. The summed E-state index contributed by atoms with van der Waals surface area (Å²) in [6.07, 6.45) is -4.44. The standard InChI is InChI=1S/C14H13ClF3N3/c1-8-4-3-5-10(15)13(8)21-12-7-9(14(16,17)18)6-11(19-2)20-12/h3-7H,1-2H3,(H2,19,20,21). The summed E-state index contributed by atoms with van der Waals surface area (Å²) < 4.78 is 38.6. The van der Waals surface area contributed by atoms with Gasteiger partial charge in [0.2, 0.25) is 0 Å². The van der Waals surface area contributed by atoms with Crippen molar-refractivity contribution in [2.24, 2.45) is 0 Å². The molecule has 1 aromatic heterocycles. The summed E-state index contributed by atoms with van der Waals surface area (Å²) in [5.74, 6) is 0.197. The van der Waals surface area contributed by atoms with Crippen LogP contribution >= 0.6 is 11.6 Å². The fourth-order valence-electron chi connectivity index (χ4n) is 1.80. The van der Waals surface area contributed by atoms with E-state index in [0.717, 1.165) is 17.7 Å². The second-order valence-corrected chi connectivity index (χ2v) is 4.84. The van der Waals surface area contributed by atoms with Gasteiger partial charge >= 0.3 is 6.18 Å². The number of hydrogen-bond donors (Lipinski definition) is 2. The molecule has 0 amide bonds. The van der Waals surface area contributed by atoms with Crippen LogP contribution in [-0.2, 0) is 6.18 Å². The van der Waals surface area contributed by atoms with E-state index in [0.29, 0.717) is 10.7 Å². The first-order valence-electron chi connectivity index (χ1n) is 6.10. The van der Waals surface area contributed by atoms with Crippen molar-refractivity contribution in [3.63, 3.8) is 0 Å². The average molecular weight is 316 g/mol. The molecule has 0 spiro atoms. The van der Waals surface area contributed by atoms with Gasteiger partial charge < -0.3 is 10.6 Å². The van der Waals surface area contributed by atoms with E-state index in [2.05, 4.69) is 15.6 Å². The summed E-state index contributed by atoms with van der Waals surface area (Å²) >= 11 is 6.05. The molecule has 2 rings (SSSR count). The molecule has 1 heterocycles. The van der Waals surface area contributed by atoms with Crippen molar-refractivity contribution in [1.29, 1.82) is 0 Å². The number of nitrogens with zero attached hydrogens (tertiary/aromatic N) is 1. The number of anilines is 3. The lowest BCUT2D eigenvalue weighted by molar-refractivity contribution is -0.137. The third-order valence-corrected chi connectivity index (χ3v) is 3.20. The Balaban J connectivity index is 2.45. The quantitative estimate of drug-likeness (QED) is 0.850. The van der Waals surface area contributed by atoms with Crippen molar-refractivity contribution in [2.45, 2.75) is 13.1 Å². The van der Waals surface area contributed by atoms with Crippen LogP contribution in [0.4, 0.5) is 30.5 Å². The molecule has 0 fully saturated rings. The van der Waals surface area contributed by atoms with Crippen LogP contribution in [0, 0.1) is 6.92 Å². The summed E-state index contributed by atoms with van der Waals surface area (Å²) in [7, 11) is 1.51. The molecule has 0 aliphatic carbocycles. The summed E-state index contributed by atoms with van der Waals surface area (Å²) in [4.78, 5) is 4.06. The van der Waals surface area contributed by atoms with Crippen molar-refractivity contribution in [3.05, 3.63) is 46.5 Å². The van der Waals surface area contributed by atoms with Crippen LogP contribution in [0.3, 0.4) is 0 Å². The topological polar surface area (TPSA) is 37.0 Å². The summed E-state index contributed by atoms with van der Waals surface area (Å²) in [5.41, 5.74) is 0.565. The molecule has 0 radical (unpaired) electrons. The predicted octanol–water partition coefficient (Wildman–Crippen LogP) is 4.85. The molecule has 3 nitrogen and oxygen atoms in total. The van der Waals surface area contributed by atoms with Crippen LogP contribution in [0.5, 0.6) is 0 Å². The van der Waals surface area contributed by atoms with Gasteiger partial charge in [0, 0.05) is 7.05 Å². The van der Waals surface area contributed by atoms with Crippen LogP contribution in [0.25, 0.3) is 0 Å². The Hall–Kier alpha value is -1.95. The van der Waals surface area contributed by atoms with Crippen molar-refractivity contribution >= 4 is 28.9 Å². The van der Waals surface area contributed by atoms with Crippen molar-refractivity contribution < 1.29 is 13.2 Å². The molecule has 112 valence electrons. The van der Waals surface area contributed by atoms with Gasteiger partial charge in [-0.1, -0.05) is 23.7 Å². The van der Waals surface area contributed by atoms with E-state index >= 15 is 0 Å². The van der Waals surface area contributed by atoms with Crippen LogP contribution in [0.1, 0.15) is 11.1 Å². The Kier molecular flexibility index (Phi) is 4.27. The molecular weight excluding hydrogens is 303 g/mol. The highest BCUT2D eigenvalue weighted by atomic mass is 35.5. The zero-order valence-corrected chi connectivity index (χ0v) is 12.1. The van der Waals surface area contributed by atoms with Crippen molar-refractivity contribution in [3.8, 4) is 0 Å². The minimum Gasteiger partial charge on any atom is -0.373 e. The minimum absolute atomic E-state index is 0.0744. The molecule has 0 aliphatic rings. The Morgan fingerprint density at radius 3 is 2.38 bits per heavy atom. The lowest BCUT2D eigenvalue weighted by Gasteiger charge is -2.14. The van der Waals surface area contributed by atoms with E-state index < -0.39 is 11.7 Å². The number of halogens is 4. The summed E-state index contributed by atoms with van der Waals surface area (Å²) in [6, 6.07) is 7.12. The smallest absolute Gasteiger partial charge is 0.373 e. The van der Waals surface area contributed by atoms with Gasteiger partial charge in [0.05, 0.1) is 16.3 Å². The lowest BCUT2D eigenvalue weighted by Crippen LogP contribution is -2.08. The molecule has 0 bridgehead atoms. The molecule has 0 unspecified atom stereocenters. The highest BCUT2D eigenvalue weighted by molar-refractivity contribution is 6.33. The first-order valence-corrected chi connectivity index (χ1v) is 6.48. The Bertz CT molecular complexity index is 636. The molecule has 7 heteroatoms. The van der Waals surface area contributed by atoms with Gasteiger partial charge in [-0.25, -0.2) is 4.98 Å². The number of alkyl halides is 3. The number of aromatic nitrogens is 1. The molecule has 0 atom stereocenters. The van der Waals surface area contributed by atoms with E-state index in [9.17, 15) is 13.2 Å². The van der Waals surface area contributed by atoms with Gasteiger partial charge in [0.15, 0.2) is 0 Å². The van der Waals surface area contributed by atoms with Gasteiger partial charge in [-0.3, -0.25) is 0 Å². The molecule has 2 N–H and O–H groups in total. The molecule has 21 heavy (non-hydrogen) atoms. The molecule has 0 saturated carbocycles. The van der Waals surface area contributed by atoms with E-state index in [1.165, 1.54) is 7.05 Å². The van der Waals surface area contributed by atoms with Gasteiger partial charge in [0.1, 0.15) is 11.6 Å². The predicted molar refractivity (Wildman–Crippen MR) is 78.3 cm³/mol. The van der Waals surface area contributed by atoms with E-state index in [-0.39, 0.29) is 11.6 Å². The van der Waals surface area contributed by atoms with Gasteiger partial charge in [-0.2, -0.15) is 13.2 Å². The van der Waals surface area contributed by atoms with Gasteiger partial charge in [-0.15, -0.1) is 0 Å². The lowest BCUT2D eigenvalue weighted by atomic mass is 10.2. The number of hydrogen-bond acceptors (Lipinski definition) is 3. The number of nitrogens with one attached hydrogen (secondary N) is 2. The molecule has 0 aliphatic heterocycles. The summed E-state index contributed by atoms with van der Waals surface area (Å²) in [6.45, 7) is 1.81. The third-order valence-electron chi connectivity index (χ3n) is 2.88. The monoisotopic (exact) mass is 315 g/mol. The van der Waals surface area contributed by atoms with Crippen LogP contribution < -0.4 is 10.6 Å². The van der Waals surface area contributed by atoms with E-state index in [1.807, 2.05) is 0 Å². The maximum absolute atomic E-state index is 12.9. The first-order chi connectivity index (χ1) is 9.81. The molecule has 2 aromatic rings. The maximum atomic E-state index is 12.9. The van der Waals surface area contributed by atoms with E-state index in [4.69, 9.17) is 11.6 Å². The first kappa shape index (κ1) is 15.4. The molecular formula is C14H13ClF3N3. The normalized spacial score (nSPS) is 11.3. The average Bonchev–Trinajstić information content (AvgIpc) is 2.42. The number of benzene rings is 1. The van der Waals surface area contributed by atoms with Gasteiger partial charge in [-0.05, 0) is 30.7 Å². The summed E-state index contributed by atoms with van der Waals surface area (Å²) in [5, 5.41) is 5.87. The third kappa shape index (κ3) is 3.58. The number of para-hydroxylation sites is 1. The van der Waals surface area contributed by atoms with E-state index in [1.54, 1.807) is 25.1 Å². The van der Waals surface area contributed by atoms with Crippen LogP contribution in [0.2, 0.25) is 5.02 Å². The minimum atomic E-state index is -4.44. The van der Waals surface area contributed by atoms with Crippen LogP contribution in [0.15, 0.2) is 30.3 Å². The Labute approximate surface area is 125 Å². The van der Waals surface area contributed by atoms with Crippen molar-refractivity contribution in [1.82, 2.24) is 4.98 Å². The fourth-order valence-corrected chi connectivity index (χ4v) is 2.07. The number of rotatable bonds is 3.